The van der Waals surface area contributed by atoms with E-state index in [0.717, 1.165) is 19.3 Å². The predicted molar refractivity (Wildman–Crippen MR) is 45.7 cm³/mol. The molecule has 1 aliphatic rings. The summed E-state index contributed by atoms with van der Waals surface area (Å²) in [6.45, 7) is 0. The molecular formula is C9H9FS. The molecular weight excluding hydrogens is 159 g/mol. The van der Waals surface area contributed by atoms with Gasteiger partial charge in [0.15, 0.2) is 0 Å². The highest BCUT2D eigenvalue weighted by atomic mass is 32.1. The van der Waals surface area contributed by atoms with Crippen molar-refractivity contribution < 1.29 is 4.39 Å². The molecule has 0 fully saturated rings. The van der Waals surface area contributed by atoms with Crippen molar-refractivity contribution in [2.75, 3.05) is 0 Å². The van der Waals surface area contributed by atoms with Gasteiger partial charge in [0.2, 0.25) is 0 Å². The van der Waals surface area contributed by atoms with E-state index in [0.29, 0.717) is 4.90 Å². The number of rotatable bonds is 0. The van der Waals surface area contributed by atoms with Crippen molar-refractivity contribution in [3.05, 3.63) is 29.1 Å². The van der Waals surface area contributed by atoms with Gasteiger partial charge in [-0.1, -0.05) is 0 Å². The third-order valence-corrected chi connectivity index (χ3v) is 2.50. The molecule has 0 saturated heterocycles. The third-order valence-electron chi connectivity index (χ3n) is 2.16. The van der Waals surface area contributed by atoms with Crippen LogP contribution in [0.4, 0.5) is 4.39 Å². The van der Waals surface area contributed by atoms with E-state index < -0.39 is 0 Å². The van der Waals surface area contributed by atoms with Gasteiger partial charge in [-0.2, -0.15) is 0 Å². The topological polar surface area (TPSA) is 0 Å². The molecule has 58 valence electrons. The molecule has 1 aromatic rings. The average Bonchev–Trinajstić information content (AvgIpc) is 2.36. The average molecular weight is 168 g/mol. The lowest BCUT2D eigenvalue weighted by Gasteiger charge is -2.00. The molecule has 0 atom stereocenters. The molecule has 0 bridgehead atoms. The fourth-order valence-electron chi connectivity index (χ4n) is 1.58. The van der Waals surface area contributed by atoms with E-state index in [9.17, 15) is 4.39 Å². The van der Waals surface area contributed by atoms with Gasteiger partial charge in [0.25, 0.3) is 0 Å². The van der Waals surface area contributed by atoms with Crippen molar-refractivity contribution in [3.63, 3.8) is 0 Å². The van der Waals surface area contributed by atoms with Crippen LogP contribution in [-0.4, -0.2) is 0 Å². The van der Waals surface area contributed by atoms with Crippen LogP contribution in [0.15, 0.2) is 17.0 Å². The summed E-state index contributed by atoms with van der Waals surface area (Å²) < 4.78 is 12.9. The first-order valence-electron chi connectivity index (χ1n) is 3.77. The van der Waals surface area contributed by atoms with Crippen LogP contribution in [0.5, 0.6) is 0 Å². The van der Waals surface area contributed by atoms with Gasteiger partial charge in [0.05, 0.1) is 0 Å². The zero-order chi connectivity index (χ0) is 7.84. The first kappa shape index (κ1) is 7.17. The van der Waals surface area contributed by atoms with Crippen molar-refractivity contribution in [2.45, 2.75) is 24.2 Å². The van der Waals surface area contributed by atoms with Crippen LogP contribution < -0.4 is 0 Å². The fourth-order valence-corrected chi connectivity index (χ4v) is 1.80. The first-order chi connectivity index (χ1) is 5.27. The van der Waals surface area contributed by atoms with Gasteiger partial charge in [0, 0.05) is 4.90 Å². The van der Waals surface area contributed by atoms with Gasteiger partial charge < -0.3 is 0 Å². The van der Waals surface area contributed by atoms with E-state index in [1.54, 1.807) is 6.07 Å². The molecule has 0 aliphatic heterocycles. The largest absolute Gasteiger partial charge is 0.206 e. The Balaban J connectivity index is 2.57. The standard InChI is InChI=1S/C9H9FS/c10-8-4-6-2-1-3-7(6)5-9(8)11/h4-5,11H,1-3H2. The smallest absolute Gasteiger partial charge is 0.136 e. The molecule has 0 amide bonds. The van der Waals surface area contributed by atoms with Crippen LogP contribution >= 0.6 is 12.6 Å². The molecule has 2 rings (SSSR count). The lowest BCUT2D eigenvalue weighted by molar-refractivity contribution is 0.600. The Morgan fingerprint density at radius 1 is 1.18 bits per heavy atom. The van der Waals surface area contributed by atoms with Crippen LogP contribution in [0.1, 0.15) is 17.5 Å². The Bertz CT molecular complexity index is 265. The summed E-state index contributed by atoms with van der Waals surface area (Å²) in [6.07, 6.45) is 3.27. The summed E-state index contributed by atoms with van der Waals surface area (Å²) in [4.78, 5) is 0.477. The van der Waals surface area contributed by atoms with Gasteiger partial charge >= 0.3 is 0 Å². The van der Waals surface area contributed by atoms with Gasteiger partial charge in [-0.3, -0.25) is 0 Å². The second kappa shape index (κ2) is 2.52. The van der Waals surface area contributed by atoms with E-state index in [1.165, 1.54) is 11.1 Å². The Labute approximate surface area is 70.8 Å². The Morgan fingerprint density at radius 3 is 2.55 bits per heavy atom. The summed E-state index contributed by atoms with van der Waals surface area (Å²) in [7, 11) is 0. The molecule has 0 aromatic heterocycles. The fraction of sp³-hybridized carbons (Fsp3) is 0.333. The number of aryl methyl sites for hydroxylation is 2. The molecule has 0 spiro atoms. The van der Waals surface area contributed by atoms with E-state index in [1.807, 2.05) is 6.07 Å². The number of benzene rings is 1. The maximum absolute atomic E-state index is 12.9. The van der Waals surface area contributed by atoms with Crippen LogP contribution in [0, 0.1) is 5.82 Å². The monoisotopic (exact) mass is 168 g/mol. The van der Waals surface area contributed by atoms with E-state index >= 15 is 0 Å². The molecule has 11 heavy (non-hydrogen) atoms. The Kier molecular flexibility index (Phi) is 1.64. The maximum atomic E-state index is 12.9. The number of halogens is 1. The van der Waals surface area contributed by atoms with E-state index in [2.05, 4.69) is 12.6 Å². The molecule has 0 unspecified atom stereocenters. The molecule has 0 saturated carbocycles. The lowest BCUT2D eigenvalue weighted by Crippen LogP contribution is -1.85. The molecule has 1 aliphatic carbocycles. The minimum absolute atomic E-state index is 0.186. The van der Waals surface area contributed by atoms with Gasteiger partial charge in [0.1, 0.15) is 5.82 Å². The quantitative estimate of drug-likeness (QED) is 0.565. The summed E-state index contributed by atoms with van der Waals surface area (Å²) in [5.41, 5.74) is 2.44. The Hall–Kier alpha value is -0.500. The van der Waals surface area contributed by atoms with Gasteiger partial charge in [-0.05, 0) is 42.5 Å². The summed E-state index contributed by atoms with van der Waals surface area (Å²) >= 11 is 4.02. The number of thiol groups is 1. The molecule has 0 nitrogen and oxygen atoms in total. The highest BCUT2D eigenvalue weighted by Crippen LogP contribution is 2.26. The van der Waals surface area contributed by atoms with Crippen LogP contribution in [0.25, 0.3) is 0 Å². The minimum Gasteiger partial charge on any atom is -0.206 e. The predicted octanol–water partition coefficient (Wildman–Crippen LogP) is 2.60. The lowest BCUT2D eigenvalue weighted by atomic mass is 10.1. The van der Waals surface area contributed by atoms with Crippen molar-refractivity contribution >= 4 is 12.6 Å². The highest BCUT2D eigenvalue weighted by Gasteiger charge is 2.12. The van der Waals surface area contributed by atoms with Crippen LogP contribution in [0.2, 0.25) is 0 Å². The second-order valence-electron chi connectivity index (χ2n) is 2.93. The molecule has 0 heterocycles. The maximum Gasteiger partial charge on any atom is 0.136 e. The normalized spacial score (nSPS) is 15.1. The summed E-state index contributed by atoms with van der Waals surface area (Å²) in [5.74, 6) is -0.186. The van der Waals surface area contributed by atoms with Crippen molar-refractivity contribution in [1.29, 1.82) is 0 Å². The summed E-state index contributed by atoms with van der Waals surface area (Å²) in [6, 6.07) is 3.46. The van der Waals surface area contributed by atoms with Crippen molar-refractivity contribution in [2.24, 2.45) is 0 Å². The van der Waals surface area contributed by atoms with E-state index in [-0.39, 0.29) is 5.82 Å². The zero-order valence-electron chi connectivity index (χ0n) is 6.10. The third kappa shape index (κ3) is 1.16. The highest BCUT2D eigenvalue weighted by molar-refractivity contribution is 7.80. The first-order valence-corrected chi connectivity index (χ1v) is 4.22. The molecule has 0 radical (unpaired) electrons. The summed E-state index contributed by atoms with van der Waals surface area (Å²) in [5, 5.41) is 0. The number of hydrogen-bond donors (Lipinski definition) is 1. The van der Waals surface area contributed by atoms with E-state index in [4.69, 9.17) is 0 Å². The van der Waals surface area contributed by atoms with Crippen LogP contribution in [-0.2, 0) is 12.8 Å². The van der Waals surface area contributed by atoms with Gasteiger partial charge in [-0.15, -0.1) is 12.6 Å². The zero-order valence-corrected chi connectivity index (χ0v) is 7.00. The molecule has 2 heteroatoms. The molecule has 0 N–H and O–H groups in total. The Morgan fingerprint density at radius 2 is 1.82 bits per heavy atom. The van der Waals surface area contributed by atoms with Crippen LogP contribution in [0.3, 0.4) is 0 Å². The number of hydrogen-bond acceptors (Lipinski definition) is 1. The molecule has 1 aromatic carbocycles. The van der Waals surface area contributed by atoms with Crippen molar-refractivity contribution in [1.82, 2.24) is 0 Å². The number of fused-ring (bicyclic) bond motifs is 1. The van der Waals surface area contributed by atoms with Gasteiger partial charge in [-0.25, -0.2) is 4.39 Å². The minimum atomic E-state index is -0.186. The van der Waals surface area contributed by atoms with Crippen molar-refractivity contribution in [3.8, 4) is 0 Å². The second-order valence-corrected chi connectivity index (χ2v) is 3.41. The SMILES string of the molecule is Fc1cc2c(cc1S)CCC2.